The summed E-state index contributed by atoms with van der Waals surface area (Å²) in [5, 5.41) is 6.97. The Kier molecular flexibility index (Phi) is 4.91. The Morgan fingerprint density at radius 1 is 1.33 bits per heavy atom. The van der Waals surface area contributed by atoms with Crippen LogP contribution in [0.2, 0.25) is 0 Å². The number of fused-ring (bicyclic) bond motifs is 2. The summed E-state index contributed by atoms with van der Waals surface area (Å²) in [5.41, 5.74) is 6.89. The summed E-state index contributed by atoms with van der Waals surface area (Å²) < 4.78 is 1.97. The Hall–Kier alpha value is -2.71. The lowest BCUT2D eigenvalue weighted by atomic mass is 10.1. The number of hydrogen-bond acceptors (Lipinski definition) is 6. The number of nitrogens with zero attached hydrogens (tertiary/aromatic N) is 2. The molecule has 2 aromatic carbocycles. The molecule has 1 aliphatic heterocycles. The van der Waals surface area contributed by atoms with Crippen molar-refractivity contribution in [1.29, 1.82) is 0 Å². The minimum atomic E-state index is -0.184. The molecule has 6 nitrogen and oxygen atoms in total. The zero-order chi connectivity index (χ0) is 18.8. The van der Waals surface area contributed by atoms with Crippen LogP contribution >= 0.6 is 23.1 Å². The molecule has 4 rings (SSSR count). The van der Waals surface area contributed by atoms with Gasteiger partial charge in [-0.1, -0.05) is 30.0 Å². The maximum Gasteiger partial charge on any atom is 0.250 e. The van der Waals surface area contributed by atoms with E-state index < -0.39 is 0 Å². The van der Waals surface area contributed by atoms with E-state index in [1.54, 1.807) is 11.3 Å². The summed E-state index contributed by atoms with van der Waals surface area (Å²) in [5.74, 6) is 0.0627. The van der Waals surface area contributed by atoms with Crippen LogP contribution in [-0.4, -0.2) is 28.3 Å². The van der Waals surface area contributed by atoms with Gasteiger partial charge in [0, 0.05) is 5.69 Å². The number of rotatable bonds is 5. The first-order valence-corrected chi connectivity index (χ1v) is 10.1. The SMILES string of the molecule is C/C(=N\NC(=O)CSc1nc2ccccc2s1)c1ccc2c(c1)CC(=O)N2. The highest BCUT2D eigenvalue weighted by molar-refractivity contribution is 8.01. The number of aromatic nitrogens is 1. The number of thioether (sulfide) groups is 1. The van der Waals surface area contributed by atoms with E-state index >= 15 is 0 Å². The van der Waals surface area contributed by atoms with Crippen molar-refractivity contribution in [2.75, 3.05) is 11.1 Å². The van der Waals surface area contributed by atoms with Gasteiger partial charge in [-0.05, 0) is 42.3 Å². The van der Waals surface area contributed by atoms with Gasteiger partial charge in [0.25, 0.3) is 5.91 Å². The van der Waals surface area contributed by atoms with Crippen molar-refractivity contribution in [3.63, 3.8) is 0 Å². The predicted molar refractivity (Wildman–Crippen MR) is 109 cm³/mol. The van der Waals surface area contributed by atoms with Gasteiger partial charge in [-0.25, -0.2) is 10.4 Å². The zero-order valence-corrected chi connectivity index (χ0v) is 16.1. The molecule has 0 bridgehead atoms. The number of hydrogen-bond donors (Lipinski definition) is 2. The van der Waals surface area contributed by atoms with Crippen molar-refractivity contribution in [1.82, 2.24) is 10.4 Å². The third-order valence-corrected chi connectivity index (χ3v) is 6.28. The van der Waals surface area contributed by atoms with Crippen LogP contribution in [0.1, 0.15) is 18.1 Å². The van der Waals surface area contributed by atoms with Crippen LogP contribution in [0.15, 0.2) is 51.9 Å². The molecule has 3 aromatic rings. The molecule has 0 unspecified atom stereocenters. The second-order valence-electron chi connectivity index (χ2n) is 6.07. The van der Waals surface area contributed by atoms with E-state index in [0.717, 1.165) is 31.4 Å². The van der Waals surface area contributed by atoms with Crippen LogP contribution in [0.25, 0.3) is 10.2 Å². The Bertz CT molecular complexity index is 1040. The number of carbonyl (C=O) groups is 2. The van der Waals surface area contributed by atoms with Crippen LogP contribution in [0.5, 0.6) is 0 Å². The molecular formula is C19H16N4O2S2. The summed E-state index contributed by atoms with van der Waals surface area (Å²) in [7, 11) is 0. The van der Waals surface area contributed by atoms with Gasteiger partial charge in [0.15, 0.2) is 4.34 Å². The van der Waals surface area contributed by atoms with Crippen molar-refractivity contribution >= 4 is 56.5 Å². The maximum atomic E-state index is 12.1. The lowest BCUT2D eigenvalue weighted by Crippen LogP contribution is -2.21. The molecule has 136 valence electrons. The van der Waals surface area contributed by atoms with E-state index in [2.05, 4.69) is 20.8 Å². The van der Waals surface area contributed by atoms with E-state index in [1.165, 1.54) is 11.8 Å². The van der Waals surface area contributed by atoms with Gasteiger partial charge in [-0.2, -0.15) is 5.10 Å². The molecule has 1 aliphatic rings. The highest BCUT2D eigenvalue weighted by Crippen LogP contribution is 2.29. The molecule has 1 aromatic heterocycles. The van der Waals surface area contributed by atoms with Gasteiger partial charge < -0.3 is 5.32 Å². The van der Waals surface area contributed by atoms with E-state index in [-0.39, 0.29) is 17.6 Å². The van der Waals surface area contributed by atoms with Crippen LogP contribution in [0.4, 0.5) is 5.69 Å². The molecule has 8 heteroatoms. The molecule has 0 radical (unpaired) electrons. The summed E-state index contributed by atoms with van der Waals surface area (Å²) in [6.07, 6.45) is 0.377. The number of benzene rings is 2. The number of amides is 2. The maximum absolute atomic E-state index is 12.1. The molecule has 2 amide bonds. The minimum Gasteiger partial charge on any atom is -0.326 e. The molecule has 2 N–H and O–H groups in total. The molecule has 27 heavy (non-hydrogen) atoms. The summed E-state index contributed by atoms with van der Waals surface area (Å²) in [6, 6.07) is 13.6. The average Bonchev–Trinajstić information content (AvgIpc) is 3.25. The number of anilines is 1. The summed E-state index contributed by atoms with van der Waals surface area (Å²) in [6.45, 7) is 1.83. The molecule has 2 heterocycles. The number of thiazole rings is 1. The normalized spacial score (nSPS) is 13.5. The van der Waals surface area contributed by atoms with Crippen LogP contribution in [-0.2, 0) is 16.0 Å². The number of para-hydroxylation sites is 1. The van der Waals surface area contributed by atoms with E-state index in [0.29, 0.717) is 12.1 Å². The minimum absolute atomic E-state index is 0.00285. The molecular weight excluding hydrogens is 380 g/mol. The van der Waals surface area contributed by atoms with Crippen molar-refractivity contribution in [3.05, 3.63) is 53.6 Å². The lowest BCUT2D eigenvalue weighted by molar-refractivity contribution is -0.118. The Labute approximate surface area is 164 Å². The first-order valence-electron chi connectivity index (χ1n) is 8.33. The van der Waals surface area contributed by atoms with Crippen molar-refractivity contribution in [2.24, 2.45) is 5.10 Å². The third-order valence-electron chi connectivity index (χ3n) is 4.10. The van der Waals surface area contributed by atoms with Gasteiger partial charge in [0.2, 0.25) is 5.91 Å². The molecule has 0 saturated carbocycles. The highest BCUT2D eigenvalue weighted by atomic mass is 32.2. The van der Waals surface area contributed by atoms with Crippen molar-refractivity contribution in [3.8, 4) is 0 Å². The number of hydrazone groups is 1. The van der Waals surface area contributed by atoms with Gasteiger partial charge in [-0.15, -0.1) is 11.3 Å². The molecule has 0 fully saturated rings. The molecule has 0 atom stereocenters. The second-order valence-corrected chi connectivity index (χ2v) is 8.32. The lowest BCUT2D eigenvalue weighted by Gasteiger charge is -2.05. The quantitative estimate of drug-likeness (QED) is 0.393. The van der Waals surface area contributed by atoms with Gasteiger partial charge >= 0.3 is 0 Å². The number of carbonyl (C=O) groups excluding carboxylic acids is 2. The van der Waals surface area contributed by atoms with Gasteiger partial charge in [0.1, 0.15) is 0 Å². The van der Waals surface area contributed by atoms with Crippen molar-refractivity contribution in [2.45, 2.75) is 17.7 Å². The van der Waals surface area contributed by atoms with E-state index in [9.17, 15) is 9.59 Å². The topological polar surface area (TPSA) is 83.5 Å². The fourth-order valence-corrected chi connectivity index (χ4v) is 4.60. The Balaban J connectivity index is 1.35. The zero-order valence-electron chi connectivity index (χ0n) is 14.5. The monoisotopic (exact) mass is 396 g/mol. The second kappa shape index (κ2) is 7.50. The third kappa shape index (κ3) is 4.01. The first-order chi connectivity index (χ1) is 13.1. The summed E-state index contributed by atoms with van der Waals surface area (Å²) >= 11 is 2.97. The highest BCUT2D eigenvalue weighted by Gasteiger charge is 2.18. The standard InChI is InChI=1S/C19H16N4O2S2/c1-11(12-6-7-14-13(8-12)9-17(24)20-14)22-23-18(25)10-26-19-21-15-4-2-3-5-16(15)27-19/h2-8H,9-10H2,1H3,(H,20,24)(H,23,25)/b22-11+. The fraction of sp³-hybridized carbons (Fsp3) is 0.158. The van der Waals surface area contributed by atoms with Gasteiger partial charge in [0.05, 0.1) is 28.1 Å². The summed E-state index contributed by atoms with van der Waals surface area (Å²) in [4.78, 5) is 28.0. The Morgan fingerprint density at radius 2 is 2.19 bits per heavy atom. The molecule has 0 saturated heterocycles. The fourth-order valence-electron chi connectivity index (χ4n) is 2.74. The van der Waals surface area contributed by atoms with Gasteiger partial charge in [-0.3, -0.25) is 9.59 Å². The molecule has 0 aliphatic carbocycles. The predicted octanol–water partition coefficient (Wildman–Crippen LogP) is 3.42. The Morgan fingerprint density at radius 3 is 3.04 bits per heavy atom. The van der Waals surface area contributed by atoms with E-state index in [4.69, 9.17) is 0 Å². The van der Waals surface area contributed by atoms with Crippen LogP contribution < -0.4 is 10.7 Å². The molecule has 0 spiro atoms. The average molecular weight is 396 g/mol. The van der Waals surface area contributed by atoms with Crippen LogP contribution in [0.3, 0.4) is 0 Å². The van der Waals surface area contributed by atoms with Crippen molar-refractivity contribution < 1.29 is 9.59 Å². The first kappa shape index (κ1) is 17.7. The smallest absolute Gasteiger partial charge is 0.250 e. The largest absolute Gasteiger partial charge is 0.326 e. The number of nitrogens with one attached hydrogen (secondary N) is 2. The van der Waals surface area contributed by atoms with E-state index in [1.807, 2.05) is 49.4 Å². The van der Waals surface area contributed by atoms with Crippen LogP contribution in [0, 0.1) is 0 Å².